The average molecular weight is 399 g/mol. The first-order valence-corrected chi connectivity index (χ1v) is 9.94. The predicted molar refractivity (Wildman–Crippen MR) is 117 cm³/mol. The minimum Gasteiger partial charge on any atom is -0.497 e. The fraction of sp³-hybridized carbons (Fsp3) is 0.0435. The number of rotatable bonds is 4. The molecule has 2 heterocycles. The summed E-state index contributed by atoms with van der Waals surface area (Å²) in [6.45, 7) is 0. The van der Waals surface area contributed by atoms with E-state index in [4.69, 9.17) is 9.15 Å². The highest BCUT2D eigenvalue weighted by Gasteiger charge is 2.07. The molecule has 5 nitrogen and oxygen atoms in total. The largest absolute Gasteiger partial charge is 0.497 e. The van der Waals surface area contributed by atoms with Crippen molar-refractivity contribution in [1.29, 1.82) is 0 Å². The molecule has 0 spiro atoms. The summed E-state index contributed by atoms with van der Waals surface area (Å²) in [6, 6.07) is 25.6. The SMILES string of the molecule is COc1ccc(-c2c/c(=N/Nc3nc4ccccc4s3)c3ccccc3o2)cc1. The van der Waals surface area contributed by atoms with Crippen molar-refractivity contribution in [3.05, 3.63) is 84.2 Å². The van der Waals surface area contributed by atoms with Crippen molar-refractivity contribution in [1.82, 2.24) is 4.98 Å². The Bertz CT molecular complexity index is 1340. The van der Waals surface area contributed by atoms with E-state index in [1.54, 1.807) is 18.4 Å². The van der Waals surface area contributed by atoms with Gasteiger partial charge in [0.05, 0.1) is 22.7 Å². The van der Waals surface area contributed by atoms with Gasteiger partial charge in [0, 0.05) is 17.0 Å². The Labute approximate surface area is 170 Å². The summed E-state index contributed by atoms with van der Waals surface area (Å²) < 4.78 is 12.5. The van der Waals surface area contributed by atoms with Gasteiger partial charge in [0.1, 0.15) is 17.1 Å². The van der Waals surface area contributed by atoms with E-state index in [1.165, 1.54) is 0 Å². The highest BCUT2D eigenvalue weighted by Crippen LogP contribution is 2.26. The summed E-state index contributed by atoms with van der Waals surface area (Å²) in [5.74, 6) is 1.54. The number of anilines is 1. The molecule has 0 unspecified atom stereocenters. The van der Waals surface area contributed by atoms with Gasteiger partial charge in [0.2, 0.25) is 5.13 Å². The summed E-state index contributed by atoms with van der Waals surface area (Å²) in [5.41, 5.74) is 5.79. The number of fused-ring (bicyclic) bond motifs is 2. The van der Waals surface area contributed by atoms with E-state index in [-0.39, 0.29) is 0 Å². The number of para-hydroxylation sites is 2. The Morgan fingerprint density at radius 3 is 2.59 bits per heavy atom. The van der Waals surface area contributed by atoms with Crippen LogP contribution < -0.4 is 15.5 Å². The highest BCUT2D eigenvalue weighted by molar-refractivity contribution is 7.22. The summed E-state index contributed by atoms with van der Waals surface area (Å²) >= 11 is 1.57. The van der Waals surface area contributed by atoms with Crippen LogP contribution in [0.15, 0.2) is 88.4 Å². The maximum absolute atomic E-state index is 6.12. The number of methoxy groups -OCH3 is 1. The lowest BCUT2D eigenvalue weighted by Crippen LogP contribution is -2.07. The monoisotopic (exact) mass is 399 g/mol. The van der Waals surface area contributed by atoms with E-state index >= 15 is 0 Å². The van der Waals surface area contributed by atoms with Gasteiger partial charge in [-0.1, -0.05) is 35.6 Å². The standard InChI is InChI=1S/C23H17N3O2S/c1-27-16-12-10-15(11-13-16)21-14-19(17-6-2-4-8-20(17)28-21)25-26-23-24-18-7-3-5-9-22(18)29-23/h2-14H,1H3,(H,24,26)/b25-19-. The zero-order valence-corrected chi connectivity index (χ0v) is 16.4. The van der Waals surface area contributed by atoms with E-state index in [1.807, 2.05) is 72.8 Å². The number of hydrogen-bond donors (Lipinski definition) is 1. The lowest BCUT2D eigenvalue weighted by Gasteiger charge is -2.06. The second-order valence-electron chi connectivity index (χ2n) is 6.43. The van der Waals surface area contributed by atoms with Gasteiger partial charge in [0.15, 0.2) is 0 Å². The van der Waals surface area contributed by atoms with E-state index in [0.717, 1.165) is 48.7 Å². The molecular weight excluding hydrogens is 382 g/mol. The number of aromatic nitrogens is 1. The van der Waals surface area contributed by atoms with Crippen LogP contribution in [0, 0.1) is 0 Å². The van der Waals surface area contributed by atoms with Crippen LogP contribution in [0.4, 0.5) is 5.13 Å². The van der Waals surface area contributed by atoms with Crippen LogP contribution in [-0.4, -0.2) is 12.1 Å². The minimum atomic E-state index is 0.733. The van der Waals surface area contributed by atoms with Crippen LogP contribution in [0.1, 0.15) is 0 Å². The van der Waals surface area contributed by atoms with Crippen molar-refractivity contribution in [2.45, 2.75) is 0 Å². The van der Waals surface area contributed by atoms with Gasteiger partial charge in [-0.15, -0.1) is 0 Å². The molecule has 142 valence electrons. The van der Waals surface area contributed by atoms with Crippen molar-refractivity contribution in [2.24, 2.45) is 5.10 Å². The first-order chi connectivity index (χ1) is 14.3. The quantitative estimate of drug-likeness (QED) is 0.397. The third-order valence-electron chi connectivity index (χ3n) is 4.59. The molecule has 0 radical (unpaired) electrons. The van der Waals surface area contributed by atoms with Crippen LogP contribution in [0.2, 0.25) is 0 Å². The molecule has 0 amide bonds. The van der Waals surface area contributed by atoms with Crippen molar-refractivity contribution in [3.8, 4) is 17.1 Å². The average Bonchev–Trinajstić information content (AvgIpc) is 3.20. The lowest BCUT2D eigenvalue weighted by atomic mass is 10.1. The maximum Gasteiger partial charge on any atom is 0.204 e. The van der Waals surface area contributed by atoms with Crippen LogP contribution >= 0.6 is 11.3 Å². The Morgan fingerprint density at radius 2 is 1.76 bits per heavy atom. The van der Waals surface area contributed by atoms with Gasteiger partial charge in [-0.3, -0.25) is 5.43 Å². The number of nitrogens with one attached hydrogen (secondary N) is 1. The summed E-state index contributed by atoms with van der Waals surface area (Å²) in [6.07, 6.45) is 0. The van der Waals surface area contributed by atoms with E-state index in [9.17, 15) is 0 Å². The van der Waals surface area contributed by atoms with Gasteiger partial charge in [-0.25, -0.2) is 4.98 Å². The van der Waals surface area contributed by atoms with Gasteiger partial charge in [0.25, 0.3) is 0 Å². The Morgan fingerprint density at radius 1 is 0.966 bits per heavy atom. The topological polar surface area (TPSA) is 59.6 Å². The van der Waals surface area contributed by atoms with Crippen molar-refractivity contribution >= 4 is 37.7 Å². The van der Waals surface area contributed by atoms with Gasteiger partial charge < -0.3 is 9.15 Å². The minimum absolute atomic E-state index is 0.733. The molecule has 0 saturated heterocycles. The first-order valence-electron chi connectivity index (χ1n) is 9.13. The third kappa shape index (κ3) is 3.46. The summed E-state index contributed by atoms with van der Waals surface area (Å²) in [5, 5.41) is 7.10. The van der Waals surface area contributed by atoms with Gasteiger partial charge >= 0.3 is 0 Å². The lowest BCUT2D eigenvalue weighted by molar-refractivity contribution is 0.415. The zero-order valence-electron chi connectivity index (χ0n) is 15.6. The number of hydrogen-bond acceptors (Lipinski definition) is 6. The van der Waals surface area contributed by atoms with Crippen LogP contribution in [0.25, 0.3) is 32.5 Å². The van der Waals surface area contributed by atoms with Crippen LogP contribution in [0.3, 0.4) is 0 Å². The first kappa shape index (κ1) is 17.5. The molecule has 1 N–H and O–H groups in total. The van der Waals surface area contributed by atoms with Crippen LogP contribution in [0.5, 0.6) is 5.75 Å². The molecule has 0 bridgehead atoms. The van der Waals surface area contributed by atoms with E-state index in [2.05, 4.69) is 21.6 Å². The molecule has 5 aromatic rings. The van der Waals surface area contributed by atoms with Gasteiger partial charge in [-0.2, -0.15) is 5.10 Å². The summed E-state index contributed by atoms with van der Waals surface area (Å²) in [4.78, 5) is 4.58. The fourth-order valence-corrected chi connectivity index (χ4v) is 3.94. The molecule has 29 heavy (non-hydrogen) atoms. The molecule has 5 rings (SSSR count). The number of benzene rings is 3. The Hall–Kier alpha value is -3.64. The maximum atomic E-state index is 6.12. The second kappa shape index (κ2) is 7.41. The highest BCUT2D eigenvalue weighted by atomic mass is 32.1. The molecule has 0 aliphatic heterocycles. The molecule has 0 aliphatic rings. The van der Waals surface area contributed by atoms with Crippen molar-refractivity contribution in [3.63, 3.8) is 0 Å². The zero-order chi connectivity index (χ0) is 19.6. The van der Waals surface area contributed by atoms with E-state index in [0.29, 0.717) is 0 Å². The van der Waals surface area contributed by atoms with E-state index < -0.39 is 0 Å². The van der Waals surface area contributed by atoms with Crippen LogP contribution in [-0.2, 0) is 0 Å². The third-order valence-corrected chi connectivity index (χ3v) is 5.53. The number of thiazole rings is 1. The molecule has 2 aromatic heterocycles. The fourth-order valence-electron chi connectivity index (χ4n) is 3.14. The molecule has 0 fully saturated rings. The molecule has 6 heteroatoms. The molecule has 0 atom stereocenters. The van der Waals surface area contributed by atoms with Crippen molar-refractivity contribution < 1.29 is 9.15 Å². The normalized spacial score (nSPS) is 11.8. The second-order valence-corrected chi connectivity index (χ2v) is 7.46. The number of nitrogens with zero attached hydrogens (tertiary/aromatic N) is 2. The Balaban J connectivity index is 1.60. The predicted octanol–water partition coefficient (Wildman–Crippen LogP) is 5.65. The van der Waals surface area contributed by atoms with Gasteiger partial charge in [-0.05, 0) is 48.5 Å². The van der Waals surface area contributed by atoms with Crippen molar-refractivity contribution in [2.75, 3.05) is 12.5 Å². The smallest absolute Gasteiger partial charge is 0.204 e. The summed E-state index contributed by atoms with van der Waals surface area (Å²) in [7, 11) is 1.65. The number of ether oxygens (including phenoxy) is 1. The molecular formula is C23H17N3O2S. The molecule has 0 saturated carbocycles. The molecule has 3 aromatic carbocycles. The molecule has 0 aliphatic carbocycles. The Kier molecular flexibility index (Phi) is 4.46.